The number of para-hydroxylation sites is 2. The van der Waals surface area contributed by atoms with Crippen molar-refractivity contribution in [2.75, 3.05) is 11.9 Å². The molecule has 0 aliphatic carbocycles. The highest BCUT2D eigenvalue weighted by Gasteiger charge is 2.20. The van der Waals surface area contributed by atoms with Crippen LogP contribution in [0.4, 0.5) is 5.69 Å². The van der Waals surface area contributed by atoms with Crippen LogP contribution >= 0.6 is 15.9 Å². The number of nitrogens with zero attached hydrogens (tertiary/aromatic N) is 1. The number of nitro benzene ring substituents is 1. The zero-order chi connectivity index (χ0) is 12.2. The van der Waals surface area contributed by atoms with Crippen molar-refractivity contribution in [3.05, 3.63) is 34.4 Å². The molecule has 0 saturated heterocycles. The lowest BCUT2D eigenvalue weighted by Gasteiger charge is -2.21. The first-order chi connectivity index (χ1) is 7.46. The molecule has 16 heavy (non-hydrogen) atoms. The summed E-state index contributed by atoms with van der Waals surface area (Å²) in [7, 11) is 0. The molecule has 5 heteroatoms. The van der Waals surface area contributed by atoms with Gasteiger partial charge >= 0.3 is 5.69 Å². The van der Waals surface area contributed by atoms with E-state index in [-0.39, 0.29) is 11.1 Å². The third-order valence-electron chi connectivity index (χ3n) is 2.04. The van der Waals surface area contributed by atoms with E-state index in [1.807, 2.05) is 13.8 Å². The van der Waals surface area contributed by atoms with Gasteiger partial charge in [-0.15, -0.1) is 0 Å². The molecule has 0 atom stereocenters. The first-order valence-electron chi connectivity index (χ1n) is 4.88. The van der Waals surface area contributed by atoms with E-state index in [4.69, 9.17) is 4.74 Å². The van der Waals surface area contributed by atoms with E-state index in [1.54, 1.807) is 18.2 Å². The molecule has 0 saturated carbocycles. The molecule has 0 unspecified atom stereocenters. The minimum absolute atomic E-state index is 0.00729. The average molecular weight is 288 g/mol. The average Bonchev–Trinajstić information content (AvgIpc) is 2.27. The van der Waals surface area contributed by atoms with Crippen molar-refractivity contribution in [3.63, 3.8) is 0 Å². The third kappa shape index (κ3) is 3.48. The number of rotatable bonds is 5. The van der Waals surface area contributed by atoms with Crippen LogP contribution in [-0.4, -0.2) is 16.9 Å². The fourth-order valence-corrected chi connectivity index (χ4v) is 1.20. The van der Waals surface area contributed by atoms with Crippen LogP contribution in [0.1, 0.15) is 13.8 Å². The van der Waals surface area contributed by atoms with Crippen LogP contribution in [0.3, 0.4) is 0 Å². The van der Waals surface area contributed by atoms with E-state index in [0.29, 0.717) is 12.4 Å². The normalized spacial score (nSPS) is 11.2. The Labute approximate surface area is 103 Å². The van der Waals surface area contributed by atoms with Gasteiger partial charge in [0.25, 0.3) is 0 Å². The number of halogens is 1. The molecular formula is C11H14BrNO3. The highest BCUT2D eigenvalue weighted by molar-refractivity contribution is 9.09. The molecule has 0 aliphatic rings. The van der Waals surface area contributed by atoms with Gasteiger partial charge in [0.2, 0.25) is 0 Å². The van der Waals surface area contributed by atoms with Crippen LogP contribution in [-0.2, 0) is 0 Å². The molecule has 0 aromatic heterocycles. The summed E-state index contributed by atoms with van der Waals surface area (Å²) < 4.78 is 5.48. The van der Waals surface area contributed by atoms with Crippen LogP contribution in [0.2, 0.25) is 0 Å². The standard InChI is InChI=1S/C11H14BrNO3/c1-11(2,7-12)8-16-10-6-4-3-5-9(10)13(14)15/h3-6H,7-8H2,1-2H3. The molecule has 0 fully saturated rings. The second kappa shape index (κ2) is 5.30. The van der Waals surface area contributed by atoms with Gasteiger partial charge in [0.1, 0.15) is 0 Å². The highest BCUT2D eigenvalue weighted by atomic mass is 79.9. The Morgan fingerprint density at radius 1 is 1.44 bits per heavy atom. The zero-order valence-corrected chi connectivity index (χ0v) is 10.9. The number of alkyl halides is 1. The van der Waals surface area contributed by atoms with Crippen molar-refractivity contribution in [3.8, 4) is 5.75 Å². The maximum absolute atomic E-state index is 10.7. The Morgan fingerprint density at radius 2 is 2.06 bits per heavy atom. The van der Waals surface area contributed by atoms with E-state index in [2.05, 4.69) is 15.9 Å². The largest absolute Gasteiger partial charge is 0.486 e. The quantitative estimate of drug-likeness (QED) is 0.474. The summed E-state index contributed by atoms with van der Waals surface area (Å²) in [4.78, 5) is 10.3. The molecule has 0 radical (unpaired) electrons. The topological polar surface area (TPSA) is 52.4 Å². The van der Waals surface area contributed by atoms with Crippen LogP contribution in [0.15, 0.2) is 24.3 Å². The minimum atomic E-state index is -0.434. The smallest absolute Gasteiger partial charge is 0.310 e. The van der Waals surface area contributed by atoms with Crippen molar-refractivity contribution in [1.29, 1.82) is 0 Å². The number of benzene rings is 1. The maximum atomic E-state index is 10.7. The molecule has 0 N–H and O–H groups in total. The second-order valence-corrected chi connectivity index (χ2v) is 4.87. The Hall–Kier alpha value is -1.10. The molecule has 1 aromatic carbocycles. The van der Waals surface area contributed by atoms with Crippen LogP contribution in [0.5, 0.6) is 5.75 Å². The predicted molar refractivity (Wildman–Crippen MR) is 66.2 cm³/mol. The second-order valence-electron chi connectivity index (χ2n) is 4.31. The van der Waals surface area contributed by atoms with E-state index in [0.717, 1.165) is 5.33 Å². The molecule has 0 aliphatic heterocycles. The van der Waals surface area contributed by atoms with Crippen molar-refractivity contribution in [2.24, 2.45) is 5.41 Å². The van der Waals surface area contributed by atoms with E-state index in [1.165, 1.54) is 6.07 Å². The molecule has 1 rings (SSSR count). The van der Waals surface area contributed by atoms with E-state index >= 15 is 0 Å². The lowest BCUT2D eigenvalue weighted by atomic mass is 9.98. The van der Waals surface area contributed by atoms with Gasteiger partial charge in [-0.2, -0.15) is 0 Å². The lowest BCUT2D eigenvalue weighted by molar-refractivity contribution is -0.385. The molecule has 88 valence electrons. The number of ether oxygens (including phenoxy) is 1. The fourth-order valence-electron chi connectivity index (χ4n) is 1.04. The van der Waals surface area contributed by atoms with Crippen molar-refractivity contribution >= 4 is 21.6 Å². The number of hydrogen-bond donors (Lipinski definition) is 0. The van der Waals surface area contributed by atoms with Crippen molar-refractivity contribution in [2.45, 2.75) is 13.8 Å². The molecule has 0 spiro atoms. The Kier molecular flexibility index (Phi) is 4.29. The predicted octanol–water partition coefficient (Wildman–Crippen LogP) is 3.39. The summed E-state index contributed by atoms with van der Waals surface area (Å²) >= 11 is 3.38. The summed E-state index contributed by atoms with van der Waals surface area (Å²) in [5.41, 5.74) is -0.0446. The van der Waals surface area contributed by atoms with Gasteiger partial charge in [-0.05, 0) is 6.07 Å². The number of hydrogen-bond acceptors (Lipinski definition) is 3. The summed E-state index contributed by atoms with van der Waals surface area (Å²) in [5, 5.41) is 11.5. The first-order valence-corrected chi connectivity index (χ1v) is 6.00. The molecule has 0 heterocycles. The van der Waals surface area contributed by atoms with E-state index in [9.17, 15) is 10.1 Å². The van der Waals surface area contributed by atoms with Gasteiger partial charge in [-0.25, -0.2) is 0 Å². The Morgan fingerprint density at radius 3 is 2.62 bits per heavy atom. The van der Waals surface area contributed by atoms with E-state index < -0.39 is 4.92 Å². The van der Waals surface area contributed by atoms with Crippen LogP contribution in [0.25, 0.3) is 0 Å². The van der Waals surface area contributed by atoms with Gasteiger partial charge in [-0.1, -0.05) is 41.9 Å². The number of nitro groups is 1. The molecular weight excluding hydrogens is 274 g/mol. The Bertz CT molecular complexity index is 379. The SMILES string of the molecule is CC(C)(CBr)COc1ccccc1[N+](=O)[O-]. The van der Waals surface area contributed by atoms with Crippen molar-refractivity contribution in [1.82, 2.24) is 0 Å². The third-order valence-corrected chi connectivity index (χ3v) is 3.56. The van der Waals surface area contributed by atoms with Gasteiger partial charge in [0.15, 0.2) is 5.75 Å². The summed E-state index contributed by atoms with van der Waals surface area (Å²) in [6.45, 7) is 4.48. The van der Waals surface area contributed by atoms with Gasteiger partial charge in [0, 0.05) is 16.8 Å². The van der Waals surface area contributed by atoms with Gasteiger partial charge in [0.05, 0.1) is 11.5 Å². The lowest BCUT2D eigenvalue weighted by Crippen LogP contribution is -2.23. The molecule has 0 amide bonds. The van der Waals surface area contributed by atoms with Crippen molar-refractivity contribution < 1.29 is 9.66 Å². The zero-order valence-electron chi connectivity index (χ0n) is 9.27. The van der Waals surface area contributed by atoms with Crippen LogP contribution < -0.4 is 4.74 Å². The summed E-state index contributed by atoms with van der Waals surface area (Å²) in [6.07, 6.45) is 0. The van der Waals surface area contributed by atoms with Gasteiger partial charge in [-0.3, -0.25) is 10.1 Å². The summed E-state index contributed by atoms with van der Waals surface area (Å²) in [6, 6.07) is 6.41. The molecule has 0 bridgehead atoms. The first kappa shape index (κ1) is 13.0. The van der Waals surface area contributed by atoms with Gasteiger partial charge < -0.3 is 4.74 Å². The minimum Gasteiger partial charge on any atom is -0.486 e. The highest BCUT2D eigenvalue weighted by Crippen LogP contribution is 2.28. The fraction of sp³-hybridized carbons (Fsp3) is 0.455. The van der Waals surface area contributed by atoms with Crippen LogP contribution in [0, 0.1) is 15.5 Å². The summed E-state index contributed by atoms with van der Waals surface area (Å²) in [5.74, 6) is 0.321. The maximum Gasteiger partial charge on any atom is 0.310 e. The molecule has 1 aromatic rings. The molecule has 4 nitrogen and oxygen atoms in total. The Balaban J connectivity index is 2.78. The monoisotopic (exact) mass is 287 g/mol.